The maximum Gasteiger partial charge on any atom is 0.346 e. The third-order valence-electron chi connectivity index (χ3n) is 3.19. The number of carboxylic acid groups (broad SMARTS) is 1. The molecule has 0 rings (SSSR count). The van der Waals surface area contributed by atoms with Gasteiger partial charge in [0.05, 0.1) is 0 Å². The quantitative estimate of drug-likeness (QED) is 0.150. The molecule has 1 unspecified atom stereocenters. The normalized spacial score (nSPS) is 15.5. The molecule has 0 saturated carbocycles. The van der Waals surface area contributed by atoms with E-state index in [1.165, 1.54) is 6.92 Å². The fourth-order valence-corrected chi connectivity index (χ4v) is 4.21. The molecule has 0 aliphatic rings. The average Bonchev–Trinajstić information content (AvgIpc) is 2.34. The summed E-state index contributed by atoms with van der Waals surface area (Å²) in [6.45, 7) is 3.33. The first kappa shape index (κ1) is 22.0. The Hall–Kier alpha value is -0.990. The van der Waals surface area contributed by atoms with E-state index in [1.54, 1.807) is 12.2 Å². The van der Waals surface area contributed by atoms with Crippen molar-refractivity contribution in [3.63, 3.8) is 0 Å². The van der Waals surface area contributed by atoms with Crippen LogP contribution in [0.2, 0.25) is 0 Å². The van der Waals surface area contributed by atoms with Gasteiger partial charge in [-0.2, -0.15) is 8.42 Å². The first-order valence-electron chi connectivity index (χ1n) is 6.93. The highest BCUT2D eigenvalue weighted by Crippen LogP contribution is 2.46. The van der Waals surface area contributed by atoms with Gasteiger partial charge in [-0.15, -0.1) is 0 Å². The Kier molecular flexibility index (Phi) is 8.94. The third kappa shape index (κ3) is 9.68. The van der Waals surface area contributed by atoms with Crippen LogP contribution in [0.15, 0.2) is 23.3 Å². The smallest absolute Gasteiger partial charge is 0.346 e. The Morgan fingerprint density at radius 3 is 2.17 bits per heavy atom. The molecule has 23 heavy (non-hydrogen) atoms. The van der Waals surface area contributed by atoms with Crippen LogP contribution in [0, 0.1) is 0 Å². The molecule has 0 heterocycles. The topological polar surface area (TPSA) is 149 Å². The lowest BCUT2D eigenvalue weighted by atomic mass is 10.1. The summed E-state index contributed by atoms with van der Waals surface area (Å²) >= 11 is 0. The van der Waals surface area contributed by atoms with Crippen LogP contribution in [0.5, 0.6) is 0 Å². The molecule has 10 heteroatoms. The van der Waals surface area contributed by atoms with Crippen LogP contribution in [-0.4, -0.2) is 38.8 Å². The van der Waals surface area contributed by atoms with E-state index in [2.05, 4.69) is 0 Å². The van der Waals surface area contributed by atoms with Crippen molar-refractivity contribution in [1.82, 2.24) is 0 Å². The van der Waals surface area contributed by atoms with Gasteiger partial charge >= 0.3 is 13.6 Å². The van der Waals surface area contributed by atoms with Crippen molar-refractivity contribution in [2.75, 3.05) is 0 Å². The SMILES string of the molecule is C/C(=C\CCCC(P(=O)(O)O)S(=O)(=O)O)CC/C=C(\C)C(=O)O. The number of carboxylic acids is 1. The monoisotopic (exact) mass is 370 g/mol. The van der Waals surface area contributed by atoms with Gasteiger partial charge in [0.1, 0.15) is 0 Å². The van der Waals surface area contributed by atoms with E-state index < -0.39 is 28.7 Å². The number of unbranched alkanes of at least 4 members (excludes halogenated alkanes) is 1. The van der Waals surface area contributed by atoms with Crippen molar-refractivity contribution >= 4 is 23.7 Å². The average molecular weight is 370 g/mol. The molecule has 134 valence electrons. The second-order valence-corrected chi connectivity index (χ2v) is 9.02. The third-order valence-corrected chi connectivity index (χ3v) is 6.75. The molecule has 0 aromatic heterocycles. The van der Waals surface area contributed by atoms with Crippen LogP contribution in [0.4, 0.5) is 0 Å². The zero-order valence-electron chi connectivity index (χ0n) is 13.0. The Bertz CT molecular complexity index is 614. The number of rotatable bonds is 10. The van der Waals surface area contributed by atoms with Crippen molar-refractivity contribution in [2.45, 2.75) is 50.9 Å². The largest absolute Gasteiger partial charge is 0.478 e. The van der Waals surface area contributed by atoms with Crippen LogP contribution in [0.1, 0.15) is 46.0 Å². The summed E-state index contributed by atoms with van der Waals surface area (Å²) in [4.78, 5) is 26.4. The lowest BCUT2D eigenvalue weighted by Gasteiger charge is -2.14. The Balaban J connectivity index is 4.40. The minimum absolute atomic E-state index is 0.191. The molecule has 0 saturated heterocycles. The summed E-state index contributed by atoms with van der Waals surface area (Å²) in [6.07, 6.45) is 4.83. The second kappa shape index (κ2) is 9.34. The predicted molar refractivity (Wildman–Crippen MR) is 85.6 cm³/mol. The molecule has 0 aromatic rings. The van der Waals surface area contributed by atoms with Crippen molar-refractivity contribution in [2.24, 2.45) is 0 Å². The van der Waals surface area contributed by atoms with Crippen molar-refractivity contribution in [3.8, 4) is 0 Å². The highest BCUT2D eigenvalue weighted by Gasteiger charge is 2.38. The predicted octanol–water partition coefficient (Wildman–Crippen LogP) is 2.31. The van der Waals surface area contributed by atoms with Crippen molar-refractivity contribution < 1.29 is 37.2 Å². The second-order valence-electron chi connectivity index (χ2n) is 5.27. The van der Waals surface area contributed by atoms with E-state index in [0.717, 1.165) is 5.57 Å². The highest BCUT2D eigenvalue weighted by molar-refractivity contribution is 7.93. The molecule has 0 amide bonds. The van der Waals surface area contributed by atoms with Gasteiger partial charge in [0.15, 0.2) is 4.99 Å². The standard InChI is InChI=1S/C13H23O8PS/c1-10(7-5-8-11(2)13(14)15)6-3-4-9-12(22(16,17)18)23(19,20)21/h6,8,12H,3-5,7,9H2,1-2H3,(H,14,15)(H2,16,17,18)(H,19,20,21)/b10-6+,11-8+. The molecule has 4 N–H and O–H groups in total. The van der Waals surface area contributed by atoms with Crippen LogP contribution >= 0.6 is 7.60 Å². The van der Waals surface area contributed by atoms with Gasteiger partial charge in [-0.05, 0) is 46.0 Å². The highest BCUT2D eigenvalue weighted by atomic mass is 32.2. The van der Waals surface area contributed by atoms with Gasteiger partial charge in [-0.25, -0.2) is 4.79 Å². The van der Waals surface area contributed by atoms with Gasteiger partial charge in [0.25, 0.3) is 10.1 Å². The molecule has 0 bridgehead atoms. The van der Waals surface area contributed by atoms with Gasteiger partial charge in [-0.1, -0.05) is 17.7 Å². The van der Waals surface area contributed by atoms with E-state index in [0.29, 0.717) is 19.3 Å². The maximum absolute atomic E-state index is 11.1. The number of carbonyl (C=O) groups is 1. The molecule has 1 atom stereocenters. The fourth-order valence-electron chi connectivity index (χ4n) is 1.84. The Morgan fingerprint density at radius 2 is 1.74 bits per heavy atom. The van der Waals surface area contributed by atoms with Gasteiger partial charge in [0, 0.05) is 5.57 Å². The van der Waals surface area contributed by atoms with E-state index in [1.807, 2.05) is 6.92 Å². The van der Waals surface area contributed by atoms with Gasteiger partial charge in [0.2, 0.25) is 0 Å². The summed E-state index contributed by atoms with van der Waals surface area (Å²) in [5.74, 6) is -0.972. The summed E-state index contributed by atoms with van der Waals surface area (Å²) in [5.41, 5.74) is 1.22. The first-order valence-corrected chi connectivity index (χ1v) is 10.1. The van der Waals surface area contributed by atoms with Crippen LogP contribution in [0.3, 0.4) is 0 Å². The molecular weight excluding hydrogens is 347 g/mol. The zero-order valence-corrected chi connectivity index (χ0v) is 14.8. The first-order chi connectivity index (χ1) is 10.4. The molecule has 0 radical (unpaired) electrons. The lowest BCUT2D eigenvalue weighted by molar-refractivity contribution is -0.132. The molecular formula is C13H23O8PS. The lowest BCUT2D eigenvalue weighted by Crippen LogP contribution is -2.20. The maximum atomic E-state index is 11.1. The minimum atomic E-state index is -4.92. The summed E-state index contributed by atoms with van der Waals surface area (Å²) in [5, 5.41) is 8.69. The van der Waals surface area contributed by atoms with Crippen LogP contribution in [-0.2, 0) is 19.5 Å². The van der Waals surface area contributed by atoms with Crippen LogP contribution < -0.4 is 0 Å². The Labute approximate surface area is 135 Å². The summed E-state index contributed by atoms with van der Waals surface area (Å²) in [6, 6.07) is 0. The van der Waals surface area contributed by atoms with Crippen molar-refractivity contribution in [3.05, 3.63) is 23.3 Å². The molecule has 0 aliphatic heterocycles. The molecule has 0 aromatic carbocycles. The molecule has 0 spiro atoms. The number of hydrogen-bond acceptors (Lipinski definition) is 4. The van der Waals surface area contributed by atoms with Crippen molar-refractivity contribution in [1.29, 1.82) is 0 Å². The van der Waals surface area contributed by atoms with E-state index in [9.17, 15) is 17.8 Å². The van der Waals surface area contributed by atoms with E-state index in [-0.39, 0.29) is 18.4 Å². The fraction of sp³-hybridized carbons (Fsp3) is 0.615. The summed E-state index contributed by atoms with van der Waals surface area (Å²) in [7, 11) is -9.72. The molecule has 8 nitrogen and oxygen atoms in total. The molecule has 0 aliphatic carbocycles. The van der Waals surface area contributed by atoms with Crippen LogP contribution in [0.25, 0.3) is 0 Å². The van der Waals surface area contributed by atoms with E-state index >= 15 is 0 Å². The summed E-state index contributed by atoms with van der Waals surface area (Å²) < 4.78 is 41.8. The Morgan fingerprint density at radius 1 is 1.17 bits per heavy atom. The van der Waals surface area contributed by atoms with E-state index in [4.69, 9.17) is 19.4 Å². The zero-order chi connectivity index (χ0) is 18.3. The minimum Gasteiger partial charge on any atom is -0.478 e. The van der Waals surface area contributed by atoms with Gasteiger partial charge in [-0.3, -0.25) is 9.12 Å². The molecule has 0 fully saturated rings. The number of hydrogen-bond donors (Lipinski definition) is 4. The van der Waals surface area contributed by atoms with Gasteiger partial charge < -0.3 is 14.9 Å². The number of aliphatic carboxylic acids is 1. The number of allylic oxidation sites excluding steroid dienone is 3.